The maximum atomic E-state index is 10.4. The molecule has 106 valence electrons. The van der Waals surface area contributed by atoms with Gasteiger partial charge >= 0.3 is 0 Å². The van der Waals surface area contributed by atoms with Crippen molar-refractivity contribution in [1.82, 2.24) is 10.3 Å². The van der Waals surface area contributed by atoms with Gasteiger partial charge in [-0.3, -0.25) is 4.98 Å². The predicted molar refractivity (Wildman–Crippen MR) is 72.2 cm³/mol. The molecule has 0 bridgehead atoms. The molecule has 5 nitrogen and oxygen atoms in total. The Morgan fingerprint density at radius 2 is 2.37 bits per heavy atom. The summed E-state index contributed by atoms with van der Waals surface area (Å²) in [6, 6.07) is 3.79. The minimum absolute atomic E-state index is 0.125. The minimum atomic E-state index is -0.770. The summed E-state index contributed by atoms with van der Waals surface area (Å²) in [7, 11) is 1.65. The highest BCUT2D eigenvalue weighted by molar-refractivity contribution is 5.26. The second kappa shape index (κ2) is 5.86. The van der Waals surface area contributed by atoms with Crippen LogP contribution in [0.15, 0.2) is 12.1 Å². The number of aliphatic hydroxyl groups is 1. The molecule has 2 atom stereocenters. The molecule has 1 aliphatic rings. The van der Waals surface area contributed by atoms with Gasteiger partial charge < -0.3 is 19.9 Å². The summed E-state index contributed by atoms with van der Waals surface area (Å²) in [5.74, 6) is 0.806. The van der Waals surface area contributed by atoms with Gasteiger partial charge in [0.1, 0.15) is 11.4 Å². The summed E-state index contributed by atoms with van der Waals surface area (Å²) in [5.41, 5.74) is 1.06. The molecule has 5 heteroatoms. The minimum Gasteiger partial charge on any atom is -0.497 e. The molecule has 2 rings (SSSR count). The van der Waals surface area contributed by atoms with Crippen LogP contribution in [0.25, 0.3) is 0 Å². The topological polar surface area (TPSA) is 63.6 Å². The second-order valence-electron chi connectivity index (χ2n) is 5.11. The number of hydrogen-bond acceptors (Lipinski definition) is 5. The largest absolute Gasteiger partial charge is 0.497 e. The number of nitrogens with zero attached hydrogens (tertiary/aromatic N) is 1. The first-order valence-corrected chi connectivity index (χ1v) is 6.60. The van der Waals surface area contributed by atoms with E-state index in [-0.39, 0.29) is 6.10 Å². The monoisotopic (exact) mass is 266 g/mol. The lowest BCUT2D eigenvalue weighted by atomic mass is 9.97. The highest BCUT2D eigenvalue weighted by atomic mass is 16.5. The van der Waals surface area contributed by atoms with E-state index >= 15 is 0 Å². The van der Waals surface area contributed by atoms with Crippen molar-refractivity contribution >= 4 is 0 Å². The van der Waals surface area contributed by atoms with Gasteiger partial charge in [0.15, 0.2) is 0 Å². The normalized spacial score (nSPS) is 26.6. The lowest BCUT2D eigenvalue weighted by molar-refractivity contribution is -0.0263. The number of aromatic nitrogens is 1. The fourth-order valence-electron chi connectivity index (χ4n) is 2.32. The summed E-state index contributed by atoms with van der Waals surface area (Å²) in [6.07, 6.45) is 0.547. The first-order chi connectivity index (χ1) is 9.03. The van der Waals surface area contributed by atoms with E-state index in [0.717, 1.165) is 17.1 Å². The molecule has 2 heterocycles. The third kappa shape index (κ3) is 3.43. The van der Waals surface area contributed by atoms with Crippen molar-refractivity contribution in [2.24, 2.45) is 0 Å². The summed E-state index contributed by atoms with van der Waals surface area (Å²) < 4.78 is 10.6. The van der Waals surface area contributed by atoms with Crippen LogP contribution < -0.4 is 10.1 Å². The zero-order chi connectivity index (χ0) is 13.9. The Hall–Kier alpha value is -1.17. The van der Waals surface area contributed by atoms with Crippen molar-refractivity contribution in [3.8, 4) is 5.75 Å². The van der Waals surface area contributed by atoms with Crippen molar-refractivity contribution in [3.05, 3.63) is 23.5 Å². The maximum Gasteiger partial charge on any atom is 0.122 e. The Morgan fingerprint density at radius 1 is 1.58 bits per heavy atom. The quantitative estimate of drug-likeness (QED) is 0.833. The Kier molecular flexibility index (Phi) is 4.39. The zero-order valence-electron chi connectivity index (χ0n) is 11.8. The summed E-state index contributed by atoms with van der Waals surface area (Å²) in [4.78, 5) is 4.43. The Morgan fingerprint density at radius 3 is 3.00 bits per heavy atom. The zero-order valence-corrected chi connectivity index (χ0v) is 11.8. The smallest absolute Gasteiger partial charge is 0.122 e. The van der Waals surface area contributed by atoms with E-state index in [0.29, 0.717) is 26.1 Å². The van der Waals surface area contributed by atoms with E-state index in [9.17, 15) is 5.11 Å². The summed E-state index contributed by atoms with van der Waals surface area (Å²) in [5, 5.41) is 13.6. The van der Waals surface area contributed by atoms with Crippen LogP contribution in [0.4, 0.5) is 0 Å². The number of ether oxygens (including phenoxy) is 2. The number of aryl methyl sites for hydroxylation is 1. The standard InChI is InChI=1S/C14H22N2O3/c1-10-6-13(18-3)7-12(16-10)8-15-9-14(17)4-5-19-11(14)2/h6-7,11,15,17H,4-5,8-9H2,1-3H3. The Balaban J connectivity index is 1.90. The van der Waals surface area contributed by atoms with Crippen molar-refractivity contribution in [3.63, 3.8) is 0 Å². The average Bonchev–Trinajstić information content (AvgIpc) is 2.69. The van der Waals surface area contributed by atoms with E-state index in [4.69, 9.17) is 9.47 Å². The van der Waals surface area contributed by atoms with Crippen LogP contribution in [-0.2, 0) is 11.3 Å². The molecular weight excluding hydrogens is 244 g/mol. The van der Waals surface area contributed by atoms with Gasteiger partial charge in [0.2, 0.25) is 0 Å². The van der Waals surface area contributed by atoms with Gasteiger partial charge in [-0.1, -0.05) is 0 Å². The summed E-state index contributed by atoms with van der Waals surface area (Å²) >= 11 is 0. The molecule has 0 aliphatic carbocycles. The molecule has 0 spiro atoms. The molecule has 0 amide bonds. The molecule has 0 radical (unpaired) electrons. The van der Waals surface area contributed by atoms with Crippen LogP contribution in [0.2, 0.25) is 0 Å². The first kappa shape index (κ1) is 14.2. The lowest BCUT2D eigenvalue weighted by Crippen LogP contribution is -2.45. The Bertz CT molecular complexity index is 439. The van der Waals surface area contributed by atoms with Crippen molar-refractivity contribution in [2.45, 2.75) is 38.5 Å². The van der Waals surface area contributed by atoms with E-state index in [2.05, 4.69) is 10.3 Å². The van der Waals surface area contributed by atoms with Crippen LogP contribution in [0.1, 0.15) is 24.7 Å². The van der Waals surface area contributed by atoms with Crippen molar-refractivity contribution in [1.29, 1.82) is 0 Å². The Labute approximate surface area is 114 Å². The second-order valence-corrected chi connectivity index (χ2v) is 5.11. The van der Waals surface area contributed by atoms with Gasteiger partial charge in [0.05, 0.1) is 18.9 Å². The van der Waals surface area contributed by atoms with Crippen LogP contribution in [-0.4, -0.2) is 42.1 Å². The van der Waals surface area contributed by atoms with Crippen molar-refractivity contribution < 1.29 is 14.6 Å². The highest BCUT2D eigenvalue weighted by Crippen LogP contribution is 2.24. The fraction of sp³-hybridized carbons (Fsp3) is 0.643. The van der Waals surface area contributed by atoms with Gasteiger partial charge in [-0.25, -0.2) is 0 Å². The maximum absolute atomic E-state index is 10.4. The lowest BCUT2D eigenvalue weighted by Gasteiger charge is -2.26. The molecule has 1 aromatic rings. The molecule has 1 saturated heterocycles. The molecule has 0 saturated carbocycles. The molecule has 19 heavy (non-hydrogen) atoms. The third-order valence-electron chi connectivity index (χ3n) is 3.61. The number of pyridine rings is 1. The van der Waals surface area contributed by atoms with Gasteiger partial charge in [0.25, 0.3) is 0 Å². The van der Waals surface area contributed by atoms with Crippen LogP contribution >= 0.6 is 0 Å². The molecule has 1 fully saturated rings. The van der Waals surface area contributed by atoms with Gasteiger partial charge in [-0.05, 0) is 13.8 Å². The van der Waals surface area contributed by atoms with Crippen LogP contribution in [0.5, 0.6) is 5.75 Å². The molecule has 1 aromatic heterocycles. The highest BCUT2D eigenvalue weighted by Gasteiger charge is 2.38. The number of rotatable bonds is 5. The van der Waals surface area contributed by atoms with Gasteiger partial charge in [0, 0.05) is 43.9 Å². The molecule has 0 aromatic carbocycles. The van der Waals surface area contributed by atoms with E-state index in [1.807, 2.05) is 26.0 Å². The molecular formula is C14H22N2O3. The van der Waals surface area contributed by atoms with Crippen LogP contribution in [0, 0.1) is 6.92 Å². The van der Waals surface area contributed by atoms with Crippen LogP contribution in [0.3, 0.4) is 0 Å². The van der Waals surface area contributed by atoms with Gasteiger partial charge in [-0.2, -0.15) is 0 Å². The average molecular weight is 266 g/mol. The molecule has 2 N–H and O–H groups in total. The molecule has 1 aliphatic heterocycles. The number of methoxy groups -OCH3 is 1. The fourth-order valence-corrected chi connectivity index (χ4v) is 2.32. The summed E-state index contributed by atoms with van der Waals surface area (Å²) in [6.45, 7) is 5.57. The van der Waals surface area contributed by atoms with Gasteiger partial charge in [-0.15, -0.1) is 0 Å². The SMILES string of the molecule is COc1cc(C)nc(CNCC2(O)CCOC2C)c1. The van der Waals surface area contributed by atoms with Crippen molar-refractivity contribution in [2.75, 3.05) is 20.3 Å². The molecule has 2 unspecified atom stereocenters. The number of hydrogen-bond donors (Lipinski definition) is 2. The number of nitrogens with one attached hydrogen (secondary N) is 1. The van der Waals surface area contributed by atoms with E-state index in [1.165, 1.54) is 0 Å². The van der Waals surface area contributed by atoms with E-state index in [1.54, 1.807) is 7.11 Å². The first-order valence-electron chi connectivity index (χ1n) is 6.60. The van der Waals surface area contributed by atoms with E-state index < -0.39 is 5.60 Å². The third-order valence-corrected chi connectivity index (χ3v) is 3.61. The predicted octanol–water partition coefficient (Wildman–Crippen LogP) is 1.03.